The van der Waals surface area contributed by atoms with Crippen LogP contribution in [0.1, 0.15) is 15.9 Å². The number of nitrogens with zero attached hydrogens (tertiary/aromatic N) is 1. The molecular weight excluding hydrogens is 396 g/mol. The van der Waals surface area contributed by atoms with Crippen LogP contribution < -0.4 is 9.62 Å². The number of rotatable bonds is 6. The molecule has 1 amide bonds. The van der Waals surface area contributed by atoms with Crippen LogP contribution >= 0.6 is 11.6 Å². The molecule has 0 radical (unpaired) electrons. The SMILES string of the molecule is CS(=O)(=O)N(Cc1ccc(C(=O)Nc2ccccc2Cl)cc1)c1ccccc1. The number of hydrogen-bond acceptors (Lipinski definition) is 3. The molecule has 1 N–H and O–H groups in total. The maximum Gasteiger partial charge on any atom is 0.255 e. The van der Waals surface area contributed by atoms with Gasteiger partial charge in [0.1, 0.15) is 0 Å². The molecule has 7 heteroatoms. The Morgan fingerprint density at radius 3 is 2.14 bits per heavy atom. The van der Waals surface area contributed by atoms with Crippen LogP contribution in [-0.2, 0) is 16.6 Å². The predicted molar refractivity (Wildman–Crippen MR) is 113 cm³/mol. The topological polar surface area (TPSA) is 66.5 Å². The quantitative estimate of drug-likeness (QED) is 0.643. The van der Waals surface area contributed by atoms with Crippen LogP contribution in [0.3, 0.4) is 0 Å². The van der Waals surface area contributed by atoms with Gasteiger partial charge in [0.25, 0.3) is 5.91 Å². The fraction of sp³-hybridized carbons (Fsp3) is 0.0952. The van der Waals surface area contributed by atoms with E-state index in [9.17, 15) is 13.2 Å². The van der Waals surface area contributed by atoms with Crippen molar-refractivity contribution in [3.63, 3.8) is 0 Å². The second-order valence-corrected chi connectivity index (χ2v) is 8.55. The van der Waals surface area contributed by atoms with Crippen molar-refractivity contribution in [1.29, 1.82) is 0 Å². The Balaban J connectivity index is 1.76. The van der Waals surface area contributed by atoms with E-state index in [1.165, 1.54) is 10.6 Å². The van der Waals surface area contributed by atoms with Crippen LogP contribution in [-0.4, -0.2) is 20.6 Å². The van der Waals surface area contributed by atoms with Gasteiger partial charge in [-0.05, 0) is 42.0 Å². The van der Waals surface area contributed by atoms with Gasteiger partial charge in [-0.3, -0.25) is 9.10 Å². The smallest absolute Gasteiger partial charge is 0.255 e. The first kappa shape index (κ1) is 19.9. The molecule has 0 aromatic heterocycles. The largest absolute Gasteiger partial charge is 0.321 e. The zero-order valence-corrected chi connectivity index (χ0v) is 16.7. The van der Waals surface area contributed by atoms with Gasteiger partial charge in [0.15, 0.2) is 0 Å². The second kappa shape index (κ2) is 8.46. The first-order valence-corrected chi connectivity index (χ1v) is 10.7. The van der Waals surface area contributed by atoms with E-state index in [1.54, 1.807) is 72.8 Å². The molecule has 0 aliphatic heterocycles. The predicted octanol–water partition coefficient (Wildman–Crippen LogP) is 4.56. The minimum Gasteiger partial charge on any atom is -0.321 e. The molecule has 0 aliphatic carbocycles. The van der Waals surface area contributed by atoms with Gasteiger partial charge in [-0.25, -0.2) is 8.42 Å². The molecule has 0 bridgehead atoms. The van der Waals surface area contributed by atoms with Crippen molar-refractivity contribution in [3.8, 4) is 0 Å². The number of hydrogen-bond donors (Lipinski definition) is 1. The summed E-state index contributed by atoms with van der Waals surface area (Å²) in [7, 11) is -3.45. The molecule has 3 rings (SSSR count). The Morgan fingerprint density at radius 2 is 1.54 bits per heavy atom. The monoisotopic (exact) mass is 414 g/mol. The standard InChI is InChI=1S/C21H19ClN2O3S/c1-28(26,27)24(18-7-3-2-4-8-18)15-16-11-13-17(14-12-16)21(25)23-20-10-6-5-9-19(20)22/h2-14H,15H2,1H3,(H,23,25). The van der Waals surface area contributed by atoms with Crippen LogP contribution in [0.15, 0.2) is 78.9 Å². The lowest BCUT2D eigenvalue weighted by Crippen LogP contribution is -2.29. The number of nitrogens with one attached hydrogen (secondary N) is 1. The Labute approximate surface area is 169 Å². The number of para-hydroxylation sites is 2. The molecule has 0 unspecified atom stereocenters. The molecule has 0 saturated heterocycles. The molecule has 0 fully saturated rings. The molecule has 3 aromatic rings. The fourth-order valence-electron chi connectivity index (χ4n) is 2.68. The van der Waals surface area contributed by atoms with Gasteiger partial charge in [0.2, 0.25) is 10.0 Å². The summed E-state index contributed by atoms with van der Waals surface area (Å²) in [5, 5.41) is 3.22. The lowest BCUT2D eigenvalue weighted by molar-refractivity contribution is 0.102. The third-order valence-electron chi connectivity index (χ3n) is 4.11. The number of benzene rings is 3. The highest BCUT2D eigenvalue weighted by Gasteiger charge is 2.18. The number of carbonyl (C=O) groups excluding carboxylic acids is 1. The summed E-state index contributed by atoms with van der Waals surface area (Å²) < 4.78 is 25.7. The van der Waals surface area contributed by atoms with E-state index >= 15 is 0 Å². The summed E-state index contributed by atoms with van der Waals surface area (Å²) in [6, 6.07) is 22.7. The average Bonchev–Trinajstić information content (AvgIpc) is 2.68. The highest BCUT2D eigenvalue weighted by Crippen LogP contribution is 2.22. The Hall–Kier alpha value is -2.83. The first-order valence-electron chi connectivity index (χ1n) is 8.52. The third-order valence-corrected chi connectivity index (χ3v) is 5.58. The van der Waals surface area contributed by atoms with Crippen LogP contribution in [0.4, 0.5) is 11.4 Å². The fourth-order valence-corrected chi connectivity index (χ4v) is 3.75. The number of amides is 1. The van der Waals surface area contributed by atoms with Gasteiger partial charge in [-0.1, -0.05) is 54.1 Å². The van der Waals surface area contributed by atoms with Crippen LogP contribution in [0.2, 0.25) is 5.02 Å². The maximum atomic E-state index is 12.4. The summed E-state index contributed by atoms with van der Waals surface area (Å²) in [6.07, 6.45) is 1.17. The van der Waals surface area contributed by atoms with E-state index in [0.717, 1.165) is 5.56 Å². The number of carbonyl (C=O) groups is 1. The van der Waals surface area contributed by atoms with Crippen molar-refractivity contribution in [2.45, 2.75) is 6.54 Å². The Kier molecular flexibility index (Phi) is 6.02. The lowest BCUT2D eigenvalue weighted by atomic mass is 10.1. The first-order chi connectivity index (χ1) is 13.3. The summed E-state index contributed by atoms with van der Waals surface area (Å²) in [5.74, 6) is -0.289. The molecule has 3 aromatic carbocycles. The summed E-state index contributed by atoms with van der Waals surface area (Å²) in [4.78, 5) is 12.4. The zero-order valence-electron chi connectivity index (χ0n) is 15.2. The number of halogens is 1. The van der Waals surface area contributed by atoms with E-state index < -0.39 is 10.0 Å². The molecule has 0 spiro atoms. The molecule has 0 saturated carbocycles. The minimum absolute atomic E-state index is 0.176. The normalized spacial score (nSPS) is 11.1. The Bertz CT molecular complexity index is 1070. The molecule has 0 heterocycles. The van der Waals surface area contributed by atoms with Gasteiger partial charge < -0.3 is 5.32 Å². The van der Waals surface area contributed by atoms with Crippen LogP contribution in [0.5, 0.6) is 0 Å². The van der Waals surface area contributed by atoms with Crippen molar-refractivity contribution in [1.82, 2.24) is 0 Å². The van der Waals surface area contributed by atoms with E-state index in [0.29, 0.717) is 22.0 Å². The highest BCUT2D eigenvalue weighted by atomic mass is 35.5. The highest BCUT2D eigenvalue weighted by molar-refractivity contribution is 7.92. The van der Waals surface area contributed by atoms with Crippen molar-refractivity contribution < 1.29 is 13.2 Å². The van der Waals surface area contributed by atoms with E-state index in [4.69, 9.17) is 11.6 Å². The molecule has 0 atom stereocenters. The number of sulfonamides is 1. The van der Waals surface area contributed by atoms with E-state index in [1.807, 2.05) is 6.07 Å². The number of anilines is 2. The molecular formula is C21H19ClN2O3S. The van der Waals surface area contributed by atoms with Gasteiger partial charge in [0, 0.05) is 5.56 Å². The van der Waals surface area contributed by atoms with Gasteiger partial charge >= 0.3 is 0 Å². The zero-order chi connectivity index (χ0) is 20.1. The lowest BCUT2D eigenvalue weighted by Gasteiger charge is -2.22. The van der Waals surface area contributed by atoms with Crippen molar-refractivity contribution in [2.24, 2.45) is 0 Å². The van der Waals surface area contributed by atoms with E-state index in [2.05, 4.69) is 5.32 Å². The molecule has 0 aliphatic rings. The average molecular weight is 415 g/mol. The molecule has 28 heavy (non-hydrogen) atoms. The van der Waals surface area contributed by atoms with Crippen molar-refractivity contribution >= 4 is 38.9 Å². The molecule has 144 valence electrons. The van der Waals surface area contributed by atoms with Crippen LogP contribution in [0, 0.1) is 0 Å². The summed E-state index contributed by atoms with van der Waals surface area (Å²) in [5.41, 5.74) is 2.34. The van der Waals surface area contributed by atoms with Gasteiger partial charge in [-0.15, -0.1) is 0 Å². The summed E-state index contributed by atoms with van der Waals surface area (Å²) >= 11 is 6.06. The second-order valence-electron chi connectivity index (χ2n) is 6.24. The Morgan fingerprint density at radius 1 is 0.929 bits per heavy atom. The maximum absolute atomic E-state index is 12.4. The van der Waals surface area contributed by atoms with Crippen molar-refractivity contribution in [2.75, 3.05) is 15.9 Å². The minimum atomic E-state index is -3.45. The molecule has 5 nitrogen and oxygen atoms in total. The van der Waals surface area contributed by atoms with Crippen LogP contribution in [0.25, 0.3) is 0 Å². The van der Waals surface area contributed by atoms with Gasteiger partial charge in [-0.2, -0.15) is 0 Å². The van der Waals surface area contributed by atoms with E-state index in [-0.39, 0.29) is 12.5 Å². The van der Waals surface area contributed by atoms with Gasteiger partial charge in [0.05, 0.1) is 29.2 Å². The van der Waals surface area contributed by atoms with Crippen molar-refractivity contribution in [3.05, 3.63) is 95.0 Å². The third kappa shape index (κ3) is 4.91. The summed E-state index contributed by atoms with van der Waals surface area (Å²) in [6.45, 7) is 0.176.